The molecule has 1 aliphatic heterocycles. The van der Waals surface area contributed by atoms with Gasteiger partial charge in [-0.05, 0) is 53.4 Å². The maximum atomic E-state index is 12.3. The minimum Gasteiger partial charge on any atom is -0.492 e. The molecule has 1 saturated heterocycles. The Bertz CT molecular complexity index is 502. The summed E-state index contributed by atoms with van der Waals surface area (Å²) in [6.07, 6.45) is 3.59. The van der Waals surface area contributed by atoms with Gasteiger partial charge in [0.2, 0.25) is 5.91 Å². The number of halogens is 3. The van der Waals surface area contributed by atoms with E-state index in [0.29, 0.717) is 30.3 Å². The Morgan fingerprint density at radius 2 is 2.23 bits per heavy atom. The van der Waals surface area contributed by atoms with E-state index in [1.807, 2.05) is 4.90 Å². The summed E-state index contributed by atoms with van der Waals surface area (Å²) in [5, 5.41) is 0.643. The van der Waals surface area contributed by atoms with Crippen molar-refractivity contribution >= 4 is 45.8 Å². The lowest BCUT2D eigenvalue weighted by Crippen LogP contribution is -2.47. The average Bonchev–Trinajstić information content (AvgIpc) is 2.49. The second-order valence-corrected chi connectivity index (χ2v) is 6.44. The SMILES string of the molecule is Cl.NCC1CCCCN1C(=O)CCOc1ccc(Cl)cc1Br. The van der Waals surface area contributed by atoms with Crippen molar-refractivity contribution in [1.29, 1.82) is 0 Å². The third-order valence-electron chi connectivity index (χ3n) is 3.69. The second kappa shape index (κ2) is 9.60. The first-order chi connectivity index (χ1) is 10.1. The molecular formula is C15H21BrCl2N2O2. The number of ether oxygens (including phenoxy) is 1. The summed E-state index contributed by atoms with van der Waals surface area (Å²) in [5.74, 6) is 0.816. The summed E-state index contributed by atoms with van der Waals surface area (Å²) in [6, 6.07) is 5.51. The Morgan fingerprint density at radius 1 is 1.45 bits per heavy atom. The van der Waals surface area contributed by atoms with Crippen molar-refractivity contribution < 1.29 is 9.53 Å². The van der Waals surface area contributed by atoms with Gasteiger partial charge in [0.05, 0.1) is 17.5 Å². The highest BCUT2D eigenvalue weighted by Gasteiger charge is 2.25. The lowest BCUT2D eigenvalue weighted by molar-refractivity contribution is -0.135. The van der Waals surface area contributed by atoms with Crippen LogP contribution in [0.3, 0.4) is 0 Å². The fourth-order valence-electron chi connectivity index (χ4n) is 2.56. The molecule has 0 aromatic heterocycles. The minimum absolute atomic E-state index is 0. The molecule has 1 atom stereocenters. The molecule has 1 aromatic rings. The monoisotopic (exact) mass is 410 g/mol. The number of rotatable bonds is 5. The number of nitrogens with two attached hydrogens (primary N) is 1. The Labute approximate surface area is 150 Å². The third-order valence-corrected chi connectivity index (χ3v) is 4.54. The minimum atomic E-state index is 0. The Balaban J connectivity index is 0.00000242. The zero-order chi connectivity index (χ0) is 15.2. The van der Waals surface area contributed by atoms with E-state index in [1.165, 1.54) is 0 Å². The molecule has 0 spiro atoms. The number of nitrogens with zero attached hydrogens (tertiary/aromatic N) is 1. The normalized spacial score (nSPS) is 17.8. The molecule has 2 rings (SSSR count). The van der Waals surface area contributed by atoms with Crippen LogP contribution in [0.4, 0.5) is 0 Å². The van der Waals surface area contributed by atoms with E-state index in [9.17, 15) is 4.79 Å². The molecule has 0 bridgehead atoms. The van der Waals surface area contributed by atoms with Crippen molar-refractivity contribution in [3.63, 3.8) is 0 Å². The van der Waals surface area contributed by atoms with E-state index in [1.54, 1.807) is 18.2 Å². The predicted octanol–water partition coefficient (Wildman–Crippen LogP) is 3.63. The molecule has 1 heterocycles. The number of hydrogen-bond donors (Lipinski definition) is 1. The average molecular weight is 412 g/mol. The van der Waals surface area contributed by atoms with E-state index in [4.69, 9.17) is 22.1 Å². The van der Waals surface area contributed by atoms with Crippen molar-refractivity contribution in [3.8, 4) is 5.75 Å². The van der Waals surface area contributed by atoms with Crippen molar-refractivity contribution in [3.05, 3.63) is 27.7 Å². The quantitative estimate of drug-likeness (QED) is 0.804. The van der Waals surface area contributed by atoms with Crippen LogP contribution in [0.2, 0.25) is 5.02 Å². The molecule has 22 heavy (non-hydrogen) atoms. The van der Waals surface area contributed by atoms with Gasteiger partial charge >= 0.3 is 0 Å². The van der Waals surface area contributed by atoms with E-state index < -0.39 is 0 Å². The van der Waals surface area contributed by atoms with E-state index >= 15 is 0 Å². The fourth-order valence-corrected chi connectivity index (χ4v) is 3.36. The summed E-state index contributed by atoms with van der Waals surface area (Å²) in [7, 11) is 0. The van der Waals surface area contributed by atoms with Crippen molar-refractivity contribution in [2.24, 2.45) is 5.73 Å². The largest absolute Gasteiger partial charge is 0.492 e. The van der Waals surface area contributed by atoms with E-state index in [2.05, 4.69) is 15.9 Å². The summed E-state index contributed by atoms with van der Waals surface area (Å²) in [5.41, 5.74) is 5.74. The van der Waals surface area contributed by atoms with Crippen LogP contribution in [-0.2, 0) is 4.79 Å². The van der Waals surface area contributed by atoms with Crippen molar-refractivity contribution in [2.45, 2.75) is 31.7 Å². The van der Waals surface area contributed by atoms with Crippen LogP contribution in [0.1, 0.15) is 25.7 Å². The zero-order valence-electron chi connectivity index (χ0n) is 12.3. The third kappa shape index (κ3) is 5.30. The number of piperidine rings is 1. The molecule has 0 saturated carbocycles. The molecule has 124 valence electrons. The Kier molecular flexibility index (Phi) is 8.54. The number of likely N-dealkylation sites (tertiary alicyclic amines) is 1. The number of carbonyl (C=O) groups excluding carboxylic acids is 1. The van der Waals surface area contributed by atoms with Gasteiger partial charge in [-0.1, -0.05) is 11.6 Å². The van der Waals surface area contributed by atoms with Gasteiger partial charge in [-0.3, -0.25) is 4.79 Å². The van der Waals surface area contributed by atoms with Crippen LogP contribution in [0.15, 0.2) is 22.7 Å². The summed E-state index contributed by atoms with van der Waals surface area (Å²) in [6.45, 7) is 1.70. The first kappa shape index (κ1) is 19.6. The number of benzene rings is 1. The van der Waals surface area contributed by atoms with Crippen LogP contribution < -0.4 is 10.5 Å². The smallest absolute Gasteiger partial charge is 0.226 e. The Morgan fingerprint density at radius 3 is 2.91 bits per heavy atom. The Hall–Kier alpha value is -0.490. The summed E-state index contributed by atoms with van der Waals surface area (Å²) in [4.78, 5) is 14.2. The number of carbonyl (C=O) groups is 1. The lowest BCUT2D eigenvalue weighted by Gasteiger charge is -2.35. The second-order valence-electron chi connectivity index (χ2n) is 5.15. The first-order valence-corrected chi connectivity index (χ1v) is 8.36. The van der Waals surface area contributed by atoms with Gasteiger partial charge in [-0.2, -0.15) is 0 Å². The molecule has 0 radical (unpaired) electrons. The molecule has 0 aliphatic carbocycles. The van der Waals surface area contributed by atoms with Crippen LogP contribution in [0.25, 0.3) is 0 Å². The molecule has 2 N–H and O–H groups in total. The van der Waals surface area contributed by atoms with Gasteiger partial charge in [-0.25, -0.2) is 0 Å². The van der Waals surface area contributed by atoms with E-state index in [-0.39, 0.29) is 24.4 Å². The number of amides is 1. The van der Waals surface area contributed by atoms with Crippen LogP contribution in [0.5, 0.6) is 5.75 Å². The van der Waals surface area contributed by atoms with Crippen LogP contribution in [-0.4, -0.2) is 36.5 Å². The van der Waals surface area contributed by atoms with Gasteiger partial charge < -0.3 is 15.4 Å². The van der Waals surface area contributed by atoms with E-state index in [0.717, 1.165) is 30.3 Å². The van der Waals surface area contributed by atoms with Gasteiger partial charge in [0, 0.05) is 24.2 Å². The van der Waals surface area contributed by atoms with Crippen molar-refractivity contribution in [2.75, 3.05) is 19.7 Å². The molecule has 1 aromatic carbocycles. The zero-order valence-corrected chi connectivity index (χ0v) is 15.4. The standard InChI is InChI=1S/C15H20BrClN2O2.ClH/c16-13-9-11(17)4-5-14(13)21-8-6-15(20)19-7-2-1-3-12(19)10-18;/h4-5,9,12H,1-3,6-8,10,18H2;1H. The maximum Gasteiger partial charge on any atom is 0.226 e. The molecule has 1 fully saturated rings. The highest BCUT2D eigenvalue weighted by molar-refractivity contribution is 9.10. The first-order valence-electron chi connectivity index (χ1n) is 7.19. The van der Waals surface area contributed by atoms with Gasteiger partial charge in [0.25, 0.3) is 0 Å². The summed E-state index contributed by atoms with van der Waals surface area (Å²) >= 11 is 9.27. The van der Waals surface area contributed by atoms with Gasteiger partial charge in [0.1, 0.15) is 5.75 Å². The molecular weight excluding hydrogens is 391 g/mol. The van der Waals surface area contributed by atoms with Gasteiger partial charge in [-0.15, -0.1) is 12.4 Å². The molecule has 4 nitrogen and oxygen atoms in total. The highest BCUT2D eigenvalue weighted by Crippen LogP contribution is 2.28. The highest BCUT2D eigenvalue weighted by atomic mass is 79.9. The fraction of sp³-hybridized carbons (Fsp3) is 0.533. The van der Waals surface area contributed by atoms with Crippen LogP contribution in [0, 0.1) is 0 Å². The predicted molar refractivity (Wildman–Crippen MR) is 94.9 cm³/mol. The van der Waals surface area contributed by atoms with Gasteiger partial charge in [0.15, 0.2) is 0 Å². The van der Waals surface area contributed by atoms with Crippen LogP contribution >= 0.6 is 39.9 Å². The maximum absolute atomic E-state index is 12.3. The summed E-state index contributed by atoms with van der Waals surface area (Å²) < 4.78 is 6.43. The molecule has 1 aliphatic rings. The molecule has 1 unspecified atom stereocenters. The molecule has 1 amide bonds. The van der Waals surface area contributed by atoms with Crippen molar-refractivity contribution in [1.82, 2.24) is 4.90 Å². The molecule has 7 heteroatoms. The topological polar surface area (TPSA) is 55.6 Å². The number of hydrogen-bond acceptors (Lipinski definition) is 3. The lowest BCUT2D eigenvalue weighted by atomic mass is 10.0.